The van der Waals surface area contributed by atoms with Crippen LogP contribution < -0.4 is 9.47 Å². The minimum Gasteiger partial charge on any atom is -0.440 e. The molecule has 15 heavy (non-hydrogen) atoms. The Balaban J connectivity index is 2.26. The molecule has 3 rings (SSSR count). The molecule has 0 bridgehead atoms. The van der Waals surface area contributed by atoms with Gasteiger partial charge in [0.25, 0.3) is 0 Å². The Morgan fingerprint density at radius 3 is 2.80 bits per heavy atom. The molecule has 72 valence electrons. The molecule has 2 nitrogen and oxygen atoms in total. The van der Waals surface area contributed by atoms with Crippen LogP contribution >= 0.6 is 0 Å². The van der Waals surface area contributed by atoms with E-state index < -0.39 is 6.29 Å². The molecule has 1 atom stereocenters. The number of ether oxygens (including phenoxy) is 2. The van der Waals surface area contributed by atoms with E-state index in [1.807, 2.05) is 36.4 Å². The maximum Gasteiger partial charge on any atom is 0.306 e. The Hall–Kier alpha value is -2.14. The van der Waals surface area contributed by atoms with E-state index in [1.54, 1.807) is 0 Å². The zero-order valence-corrected chi connectivity index (χ0v) is 7.94. The lowest BCUT2D eigenvalue weighted by Crippen LogP contribution is -2.14. The van der Waals surface area contributed by atoms with E-state index >= 15 is 0 Å². The van der Waals surface area contributed by atoms with Crippen molar-refractivity contribution in [1.29, 1.82) is 0 Å². The maximum absolute atomic E-state index is 5.51. The van der Waals surface area contributed by atoms with Gasteiger partial charge in [-0.2, -0.15) is 0 Å². The molecule has 1 aliphatic heterocycles. The first kappa shape index (κ1) is 8.19. The van der Waals surface area contributed by atoms with Crippen LogP contribution in [0.3, 0.4) is 0 Å². The Bertz CT molecular complexity index is 566. The second-order valence-electron chi connectivity index (χ2n) is 3.35. The van der Waals surface area contributed by atoms with Crippen molar-refractivity contribution in [2.24, 2.45) is 0 Å². The second kappa shape index (κ2) is 2.93. The summed E-state index contributed by atoms with van der Waals surface area (Å²) >= 11 is 0. The molecule has 1 heterocycles. The molecule has 2 aromatic rings. The minimum absolute atomic E-state index is 0.592. The number of terminal acetylenes is 1. The highest BCUT2D eigenvalue weighted by Gasteiger charge is 2.23. The van der Waals surface area contributed by atoms with Crippen molar-refractivity contribution in [3.8, 4) is 23.8 Å². The molecule has 0 aliphatic carbocycles. The van der Waals surface area contributed by atoms with Crippen molar-refractivity contribution in [3.63, 3.8) is 0 Å². The SMILES string of the molecule is C#CC1Oc2ccc3ccccc3c2O1. The van der Waals surface area contributed by atoms with Gasteiger partial charge >= 0.3 is 6.29 Å². The third-order valence-corrected chi connectivity index (χ3v) is 2.44. The van der Waals surface area contributed by atoms with Crippen molar-refractivity contribution in [2.75, 3.05) is 0 Å². The molecule has 0 fully saturated rings. The molecule has 2 heteroatoms. The molecule has 0 spiro atoms. The zero-order valence-electron chi connectivity index (χ0n) is 7.94. The normalized spacial score (nSPS) is 17.7. The van der Waals surface area contributed by atoms with Crippen LogP contribution in [0.5, 0.6) is 11.5 Å². The predicted molar refractivity (Wildman–Crippen MR) is 57.8 cm³/mol. The summed E-state index contributed by atoms with van der Waals surface area (Å²) in [4.78, 5) is 0. The second-order valence-corrected chi connectivity index (χ2v) is 3.35. The average Bonchev–Trinajstić information content (AvgIpc) is 2.72. The fourth-order valence-electron chi connectivity index (χ4n) is 1.75. The molecular weight excluding hydrogens is 188 g/mol. The first-order valence-electron chi connectivity index (χ1n) is 4.70. The summed E-state index contributed by atoms with van der Waals surface area (Å²) in [5.74, 6) is 3.90. The number of benzene rings is 2. The van der Waals surface area contributed by atoms with Crippen LogP contribution in [0.4, 0.5) is 0 Å². The third-order valence-electron chi connectivity index (χ3n) is 2.44. The van der Waals surface area contributed by atoms with Gasteiger partial charge in [0.2, 0.25) is 0 Å². The molecule has 0 saturated carbocycles. The number of hydrogen-bond donors (Lipinski definition) is 0. The molecule has 1 aliphatic rings. The van der Waals surface area contributed by atoms with Gasteiger partial charge in [0.15, 0.2) is 11.5 Å². The first-order chi connectivity index (χ1) is 7.38. The van der Waals surface area contributed by atoms with Crippen molar-refractivity contribution in [1.82, 2.24) is 0 Å². The Labute approximate surface area is 87.4 Å². The number of fused-ring (bicyclic) bond motifs is 3. The van der Waals surface area contributed by atoms with Gasteiger partial charge in [-0.05, 0) is 17.4 Å². The number of hydrogen-bond acceptors (Lipinski definition) is 2. The lowest BCUT2D eigenvalue weighted by Gasteiger charge is -2.01. The molecule has 0 radical (unpaired) electrons. The minimum atomic E-state index is -0.592. The average molecular weight is 196 g/mol. The van der Waals surface area contributed by atoms with Crippen LogP contribution in [0, 0.1) is 12.3 Å². The molecule has 0 amide bonds. The van der Waals surface area contributed by atoms with Crippen LogP contribution in [0.1, 0.15) is 0 Å². The highest BCUT2D eigenvalue weighted by molar-refractivity contribution is 5.91. The van der Waals surface area contributed by atoms with Crippen LogP contribution in [0.25, 0.3) is 10.8 Å². The fourth-order valence-corrected chi connectivity index (χ4v) is 1.75. The van der Waals surface area contributed by atoms with Crippen LogP contribution in [0.2, 0.25) is 0 Å². The van der Waals surface area contributed by atoms with Crippen LogP contribution in [-0.2, 0) is 0 Å². The van der Waals surface area contributed by atoms with Gasteiger partial charge in [-0.25, -0.2) is 0 Å². The van der Waals surface area contributed by atoms with Crippen molar-refractivity contribution in [3.05, 3.63) is 36.4 Å². The van der Waals surface area contributed by atoms with E-state index in [9.17, 15) is 0 Å². The lowest BCUT2D eigenvalue weighted by molar-refractivity contribution is 0.105. The largest absolute Gasteiger partial charge is 0.440 e. The van der Waals surface area contributed by atoms with Gasteiger partial charge in [0.05, 0.1) is 0 Å². The Kier molecular flexibility index (Phi) is 1.60. The first-order valence-corrected chi connectivity index (χ1v) is 4.70. The van der Waals surface area contributed by atoms with Crippen molar-refractivity contribution in [2.45, 2.75) is 6.29 Å². The topological polar surface area (TPSA) is 18.5 Å². The van der Waals surface area contributed by atoms with Crippen molar-refractivity contribution >= 4 is 10.8 Å². The van der Waals surface area contributed by atoms with E-state index in [0.29, 0.717) is 0 Å². The summed E-state index contributed by atoms with van der Waals surface area (Å²) in [7, 11) is 0. The summed E-state index contributed by atoms with van der Waals surface area (Å²) in [6.07, 6.45) is 4.67. The zero-order chi connectivity index (χ0) is 10.3. The molecule has 0 N–H and O–H groups in total. The van der Waals surface area contributed by atoms with E-state index in [4.69, 9.17) is 15.9 Å². The molecule has 1 unspecified atom stereocenters. The van der Waals surface area contributed by atoms with E-state index in [0.717, 1.165) is 22.3 Å². The lowest BCUT2D eigenvalue weighted by atomic mass is 10.1. The van der Waals surface area contributed by atoms with Gasteiger partial charge in [0, 0.05) is 5.39 Å². The van der Waals surface area contributed by atoms with Gasteiger partial charge in [-0.1, -0.05) is 30.3 Å². The van der Waals surface area contributed by atoms with Crippen LogP contribution in [0.15, 0.2) is 36.4 Å². The smallest absolute Gasteiger partial charge is 0.306 e. The quantitative estimate of drug-likeness (QED) is 0.603. The highest BCUT2D eigenvalue weighted by atomic mass is 16.7. The highest BCUT2D eigenvalue weighted by Crippen LogP contribution is 2.40. The molecular formula is C13H8O2. The Morgan fingerprint density at radius 2 is 1.93 bits per heavy atom. The summed E-state index contributed by atoms with van der Waals surface area (Å²) in [6.45, 7) is 0. The van der Waals surface area contributed by atoms with E-state index in [2.05, 4.69) is 5.92 Å². The van der Waals surface area contributed by atoms with Gasteiger partial charge in [-0.15, -0.1) is 6.42 Å². The van der Waals surface area contributed by atoms with Crippen molar-refractivity contribution < 1.29 is 9.47 Å². The van der Waals surface area contributed by atoms with E-state index in [1.165, 1.54) is 0 Å². The van der Waals surface area contributed by atoms with Gasteiger partial charge in [0.1, 0.15) is 0 Å². The van der Waals surface area contributed by atoms with Gasteiger partial charge in [-0.3, -0.25) is 0 Å². The summed E-state index contributed by atoms with van der Waals surface area (Å²) in [5.41, 5.74) is 0. The summed E-state index contributed by atoms with van der Waals surface area (Å²) in [6, 6.07) is 11.9. The predicted octanol–water partition coefficient (Wildman–Crippen LogP) is 2.57. The summed E-state index contributed by atoms with van der Waals surface area (Å²) < 4.78 is 10.9. The summed E-state index contributed by atoms with van der Waals surface area (Å²) in [5, 5.41) is 2.16. The molecule has 2 aromatic carbocycles. The standard InChI is InChI=1S/C13H8O2/c1-2-12-14-11-8-7-9-5-3-4-6-10(9)13(11)15-12/h1,3-8,12H. The monoisotopic (exact) mass is 196 g/mol. The Morgan fingerprint density at radius 1 is 1.07 bits per heavy atom. The number of rotatable bonds is 0. The van der Waals surface area contributed by atoms with E-state index in [-0.39, 0.29) is 0 Å². The molecule has 0 saturated heterocycles. The maximum atomic E-state index is 5.51. The van der Waals surface area contributed by atoms with Crippen LogP contribution in [-0.4, -0.2) is 6.29 Å². The van der Waals surface area contributed by atoms with Gasteiger partial charge < -0.3 is 9.47 Å². The fraction of sp³-hybridized carbons (Fsp3) is 0.0769. The third kappa shape index (κ3) is 1.14. The molecule has 0 aromatic heterocycles.